The van der Waals surface area contributed by atoms with E-state index in [1.165, 1.54) is 25.7 Å². The average molecular weight is 320 g/mol. The number of Topliss-reactive ketones (excluding diaryl/α,β-unsaturated/α-hetero) is 1. The predicted molar refractivity (Wildman–Crippen MR) is 84.3 cm³/mol. The molecule has 0 bridgehead atoms. The number of carbonyl (C=O) groups excluding carboxylic acids is 2. The van der Waals surface area contributed by atoms with E-state index in [1.54, 1.807) is 0 Å². The summed E-state index contributed by atoms with van der Waals surface area (Å²) in [6.45, 7) is 0.888. The van der Waals surface area contributed by atoms with Crippen LogP contribution in [0.1, 0.15) is 70.6 Å². The lowest BCUT2D eigenvalue weighted by Crippen LogP contribution is -2.25. The van der Waals surface area contributed by atoms with Crippen molar-refractivity contribution in [1.82, 2.24) is 5.32 Å². The normalized spacial score (nSPS) is 19.5. The molecule has 0 aromatic carbocycles. The van der Waals surface area contributed by atoms with Gasteiger partial charge < -0.3 is 9.87 Å². The maximum Gasteiger partial charge on any atom is 0.219 e. The van der Waals surface area contributed by atoms with Gasteiger partial charge in [0, 0.05) is 25.8 Å². The molecule has 1 heterocycles. The maximum atomic E-state index is 10.7. The molecule has 7 heteroatoms. The lowest BCUT2D eigenvalue weighted by Gasteiger charge is -2.08. The van der Waals surface area contributed by atoms with Crippen LogP contribution in [0.5, 0.6) is 0 Å². The van der Waals surface area contributed by atoms with Crippen molar-refractivity contribution in [1.29, 1.82) is 0 Å². The van der Waals surface area contributed by atoms with Gasteiger partial charge in [-0.3, -0.25) is 9.59 Å². The maximum absolute atomic E-state index is 10.7. The second kappa shape index (κ2) is 15.8. The van der Waals surface area contributed by atoms with Crippen LogP contribution in [-0.2, 0) is 13.9 Å². The zero-order valence-electron chi connectivity index (χ0n) is 12.6. The summed E-state index contributed by atoms with van der Waals surface area (Å²) < 4.78 is 11.0. The Morgan fingerprint density at radius 3 is 1.90 bits per heavy atom. The second-order valence-corrected chi connectivity index (χ2v) is 5.48. The van der Waals surface area contributed by atoms with E-state index in [0.717, 1.165) is 51.5 Å². The average Bonchev–Trinajstić information content (AvgIpc) is 2.72. The van der Waals surface area contributed by atoms with Crippen molar-refractivity contribution in [3.8, 4) is 0 Å². The molecule has 0 spiro atoms. The van der Waals surface area contributed by atoms with Gasteiger partial charge >= 0.3 is 0 Å². The number of hydrogen-bond donors (Lipinski definition) is 3. The minimum atomic E-state index is 0.134. The van der Waals surface area contributed by atoms with Crippen LogP contribution in [-0.4, -0.2) is 22.8 Å². The summed E-state index contributed by atoms with van der Waals surface area (Å²) in [4.78, 5) is 21.4. The molecule has 21 heavy (non-hydrogen) atoms. The monoisotopic (exact) mass is 320 g/mol. The van der Waals surface area contributed by atoms with Gasteiger partial charge in [0.05, 0.1) is 0 Å². The highest BCUT2D eigenvalue weighted by Gasteiger charge is 2.05. The van der Waals surface area contributed by atoms with Crippen LogP contribution in [0.25, 0.3) is 0 Å². The van der Waals surface area contributed by atoms with Crippen molar-refractivity contribution < 1.29 is 18.4 Å². The summed E-state index contributed by atoms with van der Waals surface area (Å²) in [7, 11) is 0. The summed E-state index contributed by atoms with van der Waals surface area (Å²) >= 11 is 0.134. The highest BCUT2D eigenvalue weighted by molar-refractivity contribution is 7.88. The van der Waals surface area contributed by atoms with Crippen molar-refractivity contribution >= 4 is 24.0 Å². The molecule has 124 valence electrons. The van der Waals surface area contributed by atoms with Gasteiger partial charge in [-0.2, -0.15) is 5.90 Å². The first-order valence-electron chi connectivity index (χ1n) is 7.66. The third-order valence-electron chi connectivity index (χ3n) is 3.36. The van der Waals surface area contributed by atoms with Crippen LogP contribution in [0.3, 0.4) is 0 Å². The molecule has 1 aliphatic carbocycles. The molecule has 2 rings (SSSR count). The van der Waals surface area contributed by atoms with Crippen LogP contribution in [0.4, 0.5) is 0 Å². The van der Waals surface area contributed by atoms with E-state index in [1.807, 2.05) is 0 Å². The molecule has 0 aromatic heterocycles. The van der Waals surface area contributed by atoms with Gasteiger partial charge in [-0.15, -0.1) is 0 Å². The van der Waals surface area contributed by atoms with Gasteiger partial charge in [0.2, 0.25) is 5.91 Å². The molecule has 0 radical (unpaired) electrons. The van der Waals surface area contributed by atoms with Crippen molar-refractivity contribution in [2.24, 2.45) is 5.90 Å². The Morgan fingerprint density at radius 1 is 0.905 bits per heavy atom. The molecule has 1 amide bonds. The van der Waals surface area contributed by atoms with Crippen LogP contribution < -0.4 is 11.2 Å². The van der Waals surface area contributed by atoms with Gasteiger partial charge in [-0.1, -0.05) is 25.7 Å². The lowest BCUT2D eigenvalue weighted by atomic mass is 10.1. The van der Waals surface area contributed by atoms with Crippen molar-refractivity contribution in [3.05, 3.63) is 0 Å². The van der Waals surface area contributed by atoms with Crippen molar-refractivity contribution in [3.63, 3.8) is 0 Å². The summed E-state index contributed by atoms with van der Waals surface area (Å²) in [5, 5.41) is 2.85. The van der Waals surface area contributed by atoms with E-state index >= 15 is 0 Å². The van der Waals surface area contributed by atoms with E-state index in [-0.39, 0.29) is 18.2 Å². The summed E-state index contributed by atoms with van der Waals surface area (Å²) in [5.41, 5.74) is 0. The molecule has 1 saturated heterocycles. The fourth-order valence-electron chi connectivity index (χ4n) is 2.20. The molecule has 4 N–H and O–H groups in total. The topological polar surface area (TPSA) is 102 Å². The molecule has 1 saturated carbocycles. The van der Waals surface area contributed by atoms with E-state index < -0.39 is 0 Å². The van der Waals surface area contributed by atoms with Gasteiger partial charge in [-0.25, -0.2) is 4.28 Å². The first kappa shape index (κ1) is 20.4. The molecular weight excluding hydrogens is 292 g/mol. The molecule has 0 aromatic rings. The largest absolute Gasteiger partial charge is 0.356 e. The van der Waals surface area contributed by atoms with Crippen molar-refractivity contribution in [2.75, 3.05) is 6.54 Å². The van der Waals surface area contributed by atoms with Crippen LogP contribution >= 0.6 is 12.3 Å². The molecule has 2 fully saturated rings. The van der Waals surface area contributed by atoms with Gasteiger partial charge in [0.1, 0.15) is 5.78 Å². The van der Waals surface area contributed by atoms with E-state index in [4.69, 9.17) is 4.55 Å². The molecule has 0 atom stereocenters. The van der Waals surface area contributed by atoms with E-state index in [9.17, 15) is 9.59 Å². The standard InChI is InChI=1S/C7H13NO.C7H12O.H3NO2S/c9-7-5-3-1-2-4-6-8-7;8-7-5-3-1-2-4-6-7;1-3-4-2/h1-6H2,(H,8,9);1-6H2;2H,1H2. The highest BCUT2D eigenvalue weighted by Crippen LogP contribution is 2.12. The zero-order chi connectivity index (χ0) is 15.8. The number of amides is 1. The second-order valence-electron chi connectivity index (χ2n) is 5.14. The molecule has 6 nitrogen and oxygen atoms in total. The number of rotatable bonds is 1. The Labute approximate surface area is 131 Å². The van der Waals surface area contributed by atoms with Gasteiger partial charge in [0.25, 0.3) is 0 Å². The number of hydrogen-bond acceptors (Lipinski definition) is 6. The fraction of sp³-hybridized carbons (Fsp3) is 0.857. The molecule has 0 unspecified atom stereocenters. The Morgan fingerprint density at radius 2 is 1.38 bits per heavy atom. The quantitative estimate of drug-likeness (QED) is 0.390. The van der Waals surface area contributed by atoms with Crippen LogP contribution in [0, 0.1) is 0 Å². The zero-order valence-corrected chi connectivity index (χ0v) is 13.5. The van der Waals surface area contributed by atoms with Gasteiger partial charge in [-0.05, 0) is 25.7 Å². The Kier molecular flexibility index (Phi) is 15.3. The SMILES string of the molecule is NOSO.O=C1CCCCCC1.O=C1CCCCCCN1. The summed E-state index contributed by atoms with van der Waals surface area (Å²) in [6, 6.07) is 0. The Balaban J connectivity index is 0.000000308. The highest BCUT2D eigenvalue weighted by atomic mass is 32.2. The minimum absolute atomic E-state index is 0.134. The number of ketones is 1. The third-order valence-corrected chi connectivity index (χ3v) is 3.44. The van der Waals surface area contributed by atoms with E-state index in [0.29, 0.717) is 5.78 Å². The number of nitrogens with two attached hydrogens (primary N) is 1. The Hall–Kier alpha value is -0.630. The predicted octanol–water partition coefficient (Wildman–Crippen LogP) is 2.97. The Bertz CT molecular complexity index is 256. The van der Waals surface area contributed by atoms with Crippen LogP contribution in [0.15, 0.2) is 0 Å². The van der Waals surface area contributed by atoms with E-state index in [2.05, 4.69) is 15.5 Å². The molecular formula is C14H28N2O4S. The minimum Gasteiger partial charge on any atom is -0.356 e. The molecule has 1 aliphatic heterocycles. The smallest absolute Gasteiger partial charge is 0.219 e. The van der Waals surface area contributed by atoms with Crippen molar-refractivity contribution in [2.45, 2.75) is 70.6 Å². The number of nitrogens with one attached hydrogen (secondary N) is 1. The molecule has 2 aliphatic rings. The first-order chi connectivity index (χ1) is 10.2. The summed E-state index contributed by atoms with van der Waals surface area (Å²) in [6.07, 6.45) is 12.0. The number of carbonyl (C=O) groups is 2. The van der Waals surface area contributed by atoms with Gasteiger partial charge in [0.15, 0.2) is 12.3 Å². The lowest BCUT2D eigenvalue weighted by molar-refractivity contribution is -0.121. The fourth-order valence-corrected chi connectivity index (χ4v) is 2.20. The van der Waals surface area contributed by atoms with Crippen LogP contribution in [0.2, 0.25) is 0 Å². The first-order valence-corrected chi connectivity index (χ1v) is 8.36. The summed E-state index contributed by atoms with van der Waals surface area (Å²) in [5.74, 6) is 4.95. The third kappa shape index (κ3) is 15.6.